The molecule has 0 amide bonds. The molecule has 0 saturated carbocycles. The van der Waals surface area contributed by atoms with Crippen LogP contribution in [0.3, 0.4) is 0 Å². The van der Waals surface area contributed by atoms with Gasteiger partial charge in [0.25, 0.3) is 10.0 Å². The molecule has 0 unspecified atom stereocenters. The van der Waals surface area contributed by atoms with Crippen LogP contribution in [0, 0.1) is 10.7 Å². The number of benzene rings is 1. The highest BCUT2D eigenvalue weighted by Crippen LogP contribution is 2.33. The summed E-state index contributed by atoms with van der Waals surface area (Å²) in [5, 5.41) is 1.74. The van der Waals surface area contributed by atoms with Gasteiger partial charge in [-0.15, -0.1) is 11.3 Å². The van der Waals surface area contributed by atoms with E-state index in [0.717, 1.165) is 10.7 Å². The van der Waals surface area contributed by atoms with Gasteiger partial charge in [0.1, 0.15) is 0 Å². The zero-order valence-electron chi connectivity index (χ0n) is 8.95. The van der Waals surface area contributed by atoms with Gasteiger partial charge in [-0.2, -0.15) is 0 Å². The lowest BCUT2D eigenvalue weighted by Gasteiger charge is -2.11. The molecule has 19 heavy (non-hydrogen) atoms. The van der Waals surface area contributed by atoms with Gasteiger partial charge in [0.05, 0.1) is 5.69 Å². The number of rotatable bonds is 3. The highest BCUT2D eigenvalue weighted by Gasteiger charge is 2.21. The van der Waals surface area contributed by atoms with Crippen molar-refractivity contribution in [3.63, 3.8) is 0 Å². The molecule has 102 valence electrons. The number of hydrogen-bond acceptors (Lipinski definition) is 3. The Morgan fingerprint density at radius 1 is 1.16 bits per heavy atom. The maximum Gasteiger partial charge on any atom is 0.272 e. The van der Waals surface area contributed by atoms with Crippen LogP contribution in [-0.4, -0.2) is 8.42 Å². The molecule has 3 nitrogen and oxygen atoms in total. The van der Waals surface area contributed by atoms with Crippen molar-refractivity contribution < 1.29 is 8.42 Å². The van der Waals surface area contributed by atoms with Crippen molar-refractivity contribution in [2.45, 2.75) is 4.21 Å². The first-order valence-corrected chi connectivity index (χ1v) is 11.1. The van der Waals surface area contributed by atoms with E-state index in [0.29, 0.717) is 10.2 Å². The predicted octanol–water partition coefficient (Wildman–Crippen LogP) is 5.13. The minimum Gasteiger partial charge on any atom is -0.277 e. The van der Waals surface area contributed by atoms with Crippen LogP contribution in [-0.2, 0) is 10.0 Å². The number of sulfonamides is 1. The smallest absolute Gasteiger partial charge is 0.272 e. The number of nitrogens with one attached hydrogen (secondary N) is 1. The second-order valence-corrected chi connectivity index (χ2v) is 10.6. The zero-order valence-corrected chi connectivity index (χ0v) is 18.6. The van der Waals surface area contributed by atoms with E-state index in [1.807, 2.05) is 12.1 Å². The highest BCUT2D eigenvalue weighted by atomic mass is 127. The molecule has 1 heterocycles. The predicted molar refractivity (Wildman–Crippen MR) is 107 cm³/mol. The normalized spacial score (nSPS) is 11.6. The van der Waals surface area contributed by atoms with Crippen molar-refractivity contribution in [1.29, 1.82) is 0 Å². The van der Waals surface area contributed by atoms with Crippen LogP contribution in [0.5, 0.6) is 0 Å². The molecule has 0 atom stereocenters. The molecule has 1 aromatic carbocycles. The molecule has 0 saturated heterocycles. The Hall–Kier alpha value is 1.34. The Morgan fingerprint density at radius 3 is 2.21 bits per heavy atom. The third kappa shape index (κ3) is 3.96. The van der Waals surface area contributed by atoms with Crippen LogP contribution < -0.4 is 4.72 Å². The van der Waals surface area contributed by atoms with Gasteiger partial charge >= 0.3 is 0 Å². The molecular weight excluding hydrogens is 691 g/mol. The van der Waals surface area contributed by atoms with Crippen LogP contribution in [0.25, 0.3) is 0 Å². The maximum absolute atomic E-state index is 12.3. The van der Waals surface area contributed by atoms with Crippen molar-refractivity contribution in [3.05, 3.63) is 38.8 Å². The Balaban J connectivity index is 2.45. The molecule has 0 aliphatic carbocycles. The van der Waals surface area contributed by atoms with Gasteiger partial charge in [0.15, 0.2) is 4.21 Å². The summed E-state index contributed by atoms with van der Waals surface area (Å²) >= 11 is 10.9. The molecule has 9 heteroatoms. The molecule has 0 aliphatic rings. The van der Waals surface area contributed by atoms with Crippen molar-refractivity contribution in [3.8, 4) is 0 Å². The van der Waals surface area contributed by atoms with Gasteiger partial charge in [0, 0.05) is 15.2 Å². The number of thiophene rings is 1. The fourth-order valence-electron chi connectivity index (χ4n) is 1.29. The molecule has 0 radical (unpaired) electrons. The third-order valence-electron chi connectivity index (χ3n) is 2.07. The summed E-state index contributed by atoms with van der Waals surface area (Å²) in [6, 6.07) is 5.60. The van der Waals surface area contributed by atoms with Crippen LogP contribution in [0.15, 0.2) is 32.3 Å². The maximum atomic E-state index is 12.3. The molecule has 2 aromatic rings. The largest absolute Gasteiger partial charge is 0.277 e. The van der Waals surface area contributed by atoms with Gasteiger partial charge in [-0.1, -0.05) is 0 Å². The lowest BCUT2D eigenvalue weighted by molar-refractivity contribution is 0.602. The third-order valence-corrected chi connectivity index (χ3v) is 8.42. The second-order valence-electron chi connectivity index (χ2n) is 3.41. The van der Waals surface area contributed by atoms with E-state index in [-0.39, 0.29) is 4.21 Å². The van der Waals surface area contributed by atoms with Crippen molar-refractivity contribution in [2.75, 3.05) is 4.72 Å². The first-order valence-electron chi connectivity index (χ1n) is 4.71. The Kier molecular flexibility index (Phi) is 5.82. The summed E-state index contributed by atoms with van der Waals surface area (Å²) in [4.78, 5) is 0. The van der Waals surface area contributed by atoms with Crippen LogP contribution in [0.1, 0.15) is 0 Å². The van der Waals surface area contributed by atoms with Crippen LogP contribution in [0.4, 0.5) is 5.69 Å². The quantitative estimate of drug-likeness (QED) is 0.454. The van der Waals surface area contributed by atoms with Gasteiger partial charge in [-0.05, 0) is 107 Å². The van der Waals surface area contributed by atoms with E-state index in [1.54, 1.807) is 11.4 Å². The summed E-state index contributed by atoms with van der Waals surface area (Å²) in [5.41, 5.74) is 0.627. The minimum absolute atomic E-state index is 0.289. The molecule has 0 bridgehead atoms. The Labute approximate surface area is 164 Å². The van der Waals surface area contributed by atoms with Gasteiger partial charge in [-0.25, -0.2) is 8.42 Å². The highest BCUT2D eigenvalue weighted by molar-refractivity contribution is 14.1. The van der Waals surface area contributed by atoms with E-state index in [4.69, 9.17) is 0 Å². The van der Waals surface area contributed by atoms with E-state index in [9.17, 15) is 8.42 Å². The standard InChI is InChI=1S/C10H5BrI3NO2S2/c11-6-1-2-18-10(6)19(16,17)15-9-7(13)3-5(12)4-8(9)14/h1-4,15H. The second kappa shape index (κ2) is 6.62. The summed E-state index contributed by atoms with van der Waals surface area (Å²) in [7, 11) is -3.55. The van der Waals surface area contributed by atoms with E-state index < -0.39 is 10.0 Å². The number of halogens is 4. The van der Waals surface area contributed by atoms with E-state index >= 15 is 0 Å². The van der Waals surface area contributed by atoms with Crippen LogP contribution >= 0.6 is 95.0 Å². The molecule has 2 rings (SSSR count). The fourth-order valence-corrected chi connectivity index (χ4v) is 8.95. The topological polar surface area (TPSA) is 46.2 Å². The zero-order chi connectivity index (χ0) is 14.2. The molecule has 0 spiro atoms. The molecule has 0 aliphatic heterocycles. The van der Waals surface area contributed by atoms with Crippen molar-refractivity contribution >= 4 is 111 Å². The summed E-state index contributed by atoms with van der Waals surface area (Å²) < 4.78 is 31.0. The Morgan fingerprint density at radius 2 is 1.74 bits per heavy atom. The average molecular weight is 696 g/mol. The number of hydrogen-bond donors (Lipinski definition) is 1. The summed E-state index contributed by atoms with van der Waals surface area (Å²) in [6.07, 6.45) is 0. The molecule has 1 N–H and O–H groups in total. The van der Waals surface area contributed by atoms with E-state index in [1.165, 1.54) is 11.3 Å². The fraction of sp³-hybridized carbons (Fsp3) is 0. The minimum atomic E-state index is -3.55. The average Bonchev–Trinajstić information content (AvgIpc) is 2.70. The lowest BCUT2D eigenvalue weighted by Crippen LogP contribution is -2.14. The molecular formula is C10H5BrI3NO2S2. The van der Waals surface area contributed by atoms with Crippen LogP contribution in [0.2, 0.25) is 0 Å². The first-order chi connectivity index (χ1) is 8.81. The summed E-state index contributed by atoms with van der Waals surface area (Å²) in [6.45, 7) is 0. The lowest BCUT2D eigenvalue weighted by atomic mass is 10.3. The van der Waals surface area contributed by atoms with Crippen molar-refractivity contribution in [1.82, 2.24) is 0 Å². The van der Waals surface area contributed by atoms with Gasteiger partial charge in [0.2, 0.25) is 0 Å². The Bertz CT molecular complexity index is 707. The number of anilines is 1. The van der Waals surface area contributed by atoms with E-state index in [2.05, 4.69) is 88.4 Å². The molecule has 1 aromatic heterocycles. The summed E-state index contributed by atoms with van der Waals surface area (Å²) in [5.74, 6) is 0. The van der Waals surface area contributed by atoms with Gasteiger partial charge in [-0.3, -0.25) is 4.72 Å². The monoisotopic (exact) mass is 695 g/mol. The van der Waals surface area contributed by atoms with Crippen molar-refractivity contribution in [2.24, 2.45) is 0 Å². The van der Waals surface area contributed by atoms with Gasteiger partial charge < -0.3 is 0 Å². The molecule has 0 fully saturated rings. The SMILES string of the molecule is O=S(=O)(Nc1c(I)cc(I)cc1I)c1sccc1Br. The first kappa shape index (κ1) is 16.7.